The summed E-state index contributed by atoms with van der Waals surface area (Å²) in [4.78, 5) is 28.4. The first-order chi connectivity index (χ1) is 13.9. The topological polar surface area (TPSA) is 77.5 Å². The number of esters is 1. The Morgan fingerprint density at radius 3 is 2.69 bits per heavy atom. The molecule has 0 fully saturated rings. The number of hydrogen-bond acceptors (Lipinski definition) is 6. The van der Waals surface area contributed by atoms with E-state index in [4.69, 9.17) is 4.74 Å². The molecule has 2 aromatic carbocycles. The highest BCUT2D eigenvalue weighted by Crippen LogP contribution is 2.19. The van der Waals surface area contributed by atoms with Crippen molar-refractivity contribution in [3.05, 3.63) is 75.2 Å². The molecule has 0 aliphatic rings. The Kier molecular flexibility index (Phi) is 6.61. The highest BCUT2D eigenvalue weighted by atomic mass is 32.1. The van der Waals surface area contributed by atoms with Gasteiger partial charge in [0.05, 0.1) is 24.8 Å². The van der Waals surface area contributed by atoms with Gasteiger partial charge in [0.2, 0.25) is 5.91 Å². The molecule has 0 bridgehead atoms. The number of aromatic nitrogens is 1. The van der Waals surface area contributed by atoms with Crippen LogP contribution in [0.5, 0.6) is 5.75 Å². The number of aryl methyl sites for hydroxylation is 2. The standard InChI is InChI=1S/C22H22N2O4S/c1-14-7-8-19(9-15(14)2)28-12-21-24-18(13-29-21)11-20(25)23-17-6-4-5-16(10-17)22(26)27-3/h4-10,13H,11-12H2,1-3H3,(H,23,25). The quantitative estimate of drug-likeness (QED) is 0.588. The Balaban J connectivity index is 1.55. The third kappa shape index (κ3) is 5.65. The summed E-state index contributed by atoms with van der Waals surface area (Å²) in [5.41, 5.74) is 3.98. The number of thiazole rings is 1. The summed E-state index contributed by atoms with van der Waals surface area (Å²) in [6.45, 7) is 4.46. The van der Waals surface area contributed by atoms with Crippen LogP contribution in [0.15, 0.2) is 47.8 Å². The highest BCUT2D eigenvalue weighted by molar-refractivity contribution is 7.09. The Bertz CT molecular complexity index is 1030. The number of carbonyl (C=O) groups is 2. The van der Waals surface area contributed by atoms with Crippen LogP contribution in [0.2, 0.25) is 0 Å². The maximum Gasteiger partial charge on any atom is 0.337 e. The Labute approximate surface area is 173 Å². The Hall–Kier alpha value is -3.19. The number of hydrogen-bond donors (Lipinski definition) is 1. The summed E-state index contributed by atoms with van der Waals surface area (Å²) >= 11 is 1.46. The van der Waals surface area contributed by atoms with Crippen LogP contribution in [0.3, 0.4) is 0 Å². The van der Waals surface area contributed by atoms with Crippen LogP contribution >= 0.6 is 11.3 Å². The van der Waals surface area contributed by atoms with E-state index in [1.165, 1.54) is 29.6 Å². The number of nitrogens with zero attached hydrogens (tertiary/aromatic N) is 1. The number of ether oxygens (including phenoxy) is 2. The minimum atomic E-state index is -0.450. The molecule has 0 aliphatic heterocycles. The largest absolute Gasteiger partial charge is 0.486 e. The molecular formula is C22H22N2O4S. The van der Waals surface area contributed by atoms with Crippen molar-refractivity contribution >= 4 is 28.9 Å². The lowest BCUT2D eigenvalue weighted by atomic mass is 10.1. The van der Waals surface area contributed by atoms with E-state index in [0.717, 1.165) is 10.8 Å². The molecule has 3 aromatic rings. The van der Waals surface area contributed by atoms with Crippen LogP contribution in [0.4, 0.5) is 5.69 Å². The normalized spacial score (nSPS) is 10.4. The number of nitrogens with one attached hydrogen (secondary N) is 1. The van der Waals surface area contributed by atoms with Crippen molar-refractivity contribution in [2.75, 3.05) is 12.4 Å². The van der Waals surface area contributed by atoms with E-state index < -0.39 is 5.97 Å². The first kappa shape index (κ1) is 20.5. The predicted molar refractivity (Wildman–Crippen MR) is 112 cm³/mol. The van der Waals surface area contributed by atoms with E-state index in [1.54, 1.807) is 24.3 Å². The average Bonchev–Trinajstić information content (AvgIpc) is 3.15. The van der Waals surface area contributed by atoms with Gasteiger partial charge in [0.15, 0.2) is 0 Å². The van der Waals surface area contributed by atoms with Crippen molar-refractivity contribution in [3.63, 3.8) is 0 Å². The fourth-order valence-corrected chi connectivity index (χ4v) is 3.36. The number of benzene rings is 2. The number of anilines is 1. The van der Waals surface area contributed by atoms with Gasteiger partial charge in [-0.3, -0.25) is 4.79 Å². The van der Waals surface area contributed by atoms with Crippen LogP contribution in [0.1, 0.15) is 32.2 Å². The van der Waals surface area contributed by atoms with Gasteiger partial charge in [0, 0.05) is 11.1 Å². The van der Waals surface area contributed by atoms with E-state index in [1.807, 2.05) is 30.5 Å². The minimum Gasteiger partial charge on any atom is -0.486 e. The molecule has 0 saturated heterocycles. The number of amides is 1. The molecule has 0 saturated carbocycles. The molecule has 0 radical (unpaired) electrons. The molecule has 0 atom stereocenters. The molecule has 6 nitrogen and oxygen atoms in total. The van der Waals surface area contributed by atoms with Gasteiger partial charge >= 0.3 is 5.97 Å². The summed E-state index contributed by atoms with van der Waals surface area (Å²) in [5, 5.41) is 5.43. The molecule has 1 amide bonds. The van der Waals surface area contributed by atoms with Crippen molar-refractivity contribution in [2.45, 2.75) is 26.9 Å². The van der Waals surface area contributed by atoms with Gasteiger partial charge in [0.25, 0.3) is 0 Å². The third-order valence-electron chi connectivity index (χ3n) is 4.35. The zero-order valence-corrected chi connectivity index (χ0v) is 17.3. The van der Waals surface area contributed by atoms with E-state index in [2.05, 4.69) is 22.0 Å². The van der Waals surface area contributed by atoms with Crippen LogP contribution in [0.25, 0.3) is 0 Å². The first-order valence-corrected chi connectivity index (χ1v) is 9.94. The number of methoxy groups -OCH3 is 1. The van der Waals surface area contributed by atoms with Gasteiger partial charge in [-0.2, -0.15) is 0 Å². The van der Waals surface area contributed by atoms with E-state index in [0.29, 0.717) is 23.6 Å². The van der Waals surface area contributed by atoms with Crippen LogP contribution < -0.4 is 10.1 Å². The molecule has 29 heavy (non-hydrogen) atoms. The molecule has 1 N–H and O–H groups in total. The first-order valence-electron chi connectivity index (χ1n) is 9.06. The van der Waals surface area contributed by atoms with Gasteiger partial charge in [0.1, 0.15) is 17.4 Å². The average molecular weight is 410 g/mol. The summed E-state index contributed by atoms with van der Waals surface area (Å²) in [6, 6.07) is 12.6. The fourth-order valence-electron chi connectivity index (χ4n) is 2.66. The van der Waals surface area contributed by atoms with Crippen LogP contribution in [-0.2, 0) is 22.6 Å². The molecule has 0 spiro atoms. The molecule has 0 aliphatic carbocycles. The molecule has 7 heteroatoms. The smallest absolute Gasteiger partial charge is 0.337 e. The monoisotopic (exact) mass is 410 g/mol. The van der Waals surface area contributed by atoms with E-state index in [-0.39, 0.29) is 12.3 Å². The second-order valence-corrected chi connectivity index (χ2v) is 7.51. The summed E-state index contributed by atoms with van der Waals surface area (Å²) in [5.74, 6) is 0.140. The summed E-state index contributed by atoms with van der Waals surface area (Å²) in [7, 11) is 1.32. The molecule has 0 unspecified atom stereocenters. The van der Waals surface area contributed by atoms with Crippen molar-refractivity contribution in [2.24, 2.45) is 0 Å². The SMILES string of the molecule is COC(=O)c1cccc(NC(=O)Cc2csc(COc3ccc(C)c(C)c3)n2)c1. The van der Waals surface area contributed by atoms with Gasteiger partial charge in [-0.1, -0.05) is 12.1 Å². The molecule has 1 aromatic heterocycles. The maximum atomic E-state index is 12.3. The van der Waals surface area contributed by atoms with Gasteiger partial charge in [-0.15, -0.1) is 11.3 Å². The Morgan fingerprint density at radius 1 is 1.10 bits per heavy atom. The second-order valence-electron chi connectivity index (χ2n) is 6.56. The fraction of sp³-hybridized carbons (Fsp3) is 0.227. The Morgan fingerprint density at radius 2 is 1.93 bits per heavy atom. The third-order valence-corrected chi connectivity index (χ3v) is 5.22. The van der Waals surface area contributed by atoms with E-state index in [9.17, 15) is 9.59 Å². The van der Waals surface area contributed by atoms with Gasteiger partial charge in [-0.05, 0) is 55.3 Å². The van der Waals surface area contributed by atoms with Crippen molar-refractivity contribution in [1.82, 2.24) is 4.98 Å². The number of rotatable bonds is 7. The minimum absolute atomic E-state index is 0.141. The highest BCUT2D eigenvalue weighted by Gasteiger charge is 2.11. The predicted octanol–water partition coefficient (Wildman–Crippen LogP) is 4.31. The van der Waals surface area contributed by atoms with Gasteiger partial charge < -0.3 is 14.8 Å². The van der Waals surface area contributed by atoms with Crippen LogP contribution in [0, 0.1) is 13.8 Å². The molecule has 3 rings (SSSR count). The second kappa shape index (κ2) is 9.34. The lowest BCUT2D eigenvalue weighted by Gasteiger charge is -2.07. The lowest BCUT2D eigenvalue weighted by molar-refractivity contribution is -0.115. The number of carbonyl (C=O) groups excluding carboxylic acids is 2. The molecular weight excluding hydrogens is 388 g/mol. The summed E-state index contributed by atoms with van der Waals surface area (Å²) < 4.78 is 10.5. The van der Waals surface area contributed by atoms with Crippen molar-refractivity contribution in [1.29, 1.82) is 0 Å². The molecule has 1 heterocycles. The zero-order valence-electron chi connectivity index (χ0n) is 16.5. The van der Waals surface area contributed by atoms with E-state index >= 15 is 0 Å². The van der Waals surface area contributed by atoms with Gasteiger partial charge in [-0.25, -0.2) is 9.78 Å². The summed E-state index contributed by atoms with van der Waals surface area (Å²) in [6.07, 6.45) is 0.141. The van der Waals surface area contributed by atoms with Crippen LogP contribution in [-0.4, -0.2) is 24.0 Å². The lowest BCUT2D eigenvalue weighted by Crippen LogP contribution is -2.15. The van der Waals surface area contributed by atoms with Crippen molar-refractivity contribution in [3.8, 4) is 5.75 Å². The van der Waals surface area contributed by atoms with Crippen molar-refractivity contribution < 1.29 is 19.1 Å². The zero-order chi connectivity index (χ0) is 20.8. The maximum absolute atomic E-state index is 12.3. The molecule has 150 valence electrons.